The maximum Gasteiger partial charge on any atom is 0.123 e. The number of thiazole rings is 1. The van der Waals surface area contributed by atoms with Crippen LogP contribution >= 0.6 is 11.3 Å². The number of ether oxygens (including phenoxy) is 1. The van der Waals surface area contributed by atoms with Crippen molar-refractivity contribution in [1.82, 2.24) is 9.88 Å². The zero-order valence-corrected chi connectivity index (χ0v) is 15.4. The zero-order valence-electron chi connectivity index (χ0n) is 14.6. The van der Waals surface area contributed by atoms with Gasteiger partial charge in [-0.2, -0.15) is 0 Å². The summed E-state index contributed by atoms with van der Waals surface area (Å²) >= 11 is 1.71. The molecule has 1 aliphatic rings. The number of benzene rings is 2. The lowest BCUT2D eigenvalue weighted by Gasteiger charge is -2.24. The molecule has 4 rings (SSSR count). The standard InChI is InChI=1S/C21H22N2OS/c1-23(20-12-9-15-5-3-4-6-19(15)20)13-17-14-25-21(22-17)16-7-10-18(24-2)11-8-16/h3-8,10-11,14,20H,9,12-13H2,1-2H3. The Morgan fingerprint density at radius 3 is 2.76 bits per heavy atom. The van der Waals surface area contributed by atoms with Crippen molar-refractivity contribution < 1.29 is 4.74 Å². The first kappa shape index (κ1) is 16.3. The first-order valence-electron chi connectivity index (χ1n) is 8.61. The van der Waals surface area contributed by atoms with Crippen LogP contribution < -0.4 is 4.74 Å². The molecular formula is C21H22N2OS. The van der Waals surface area contributed by atoms with E-state index in [1.807, 2.05) is 12.1 Å². The number of aryl methyl sites for hydroxylation is 1. The molecule has 1 aromatic heterocycles. The summed E-state index contributed by atoms with van der Waals surface area (Å²) < 4.78 is 5.22. The molecule has 1 atom stereocenters. The summed E-state index contributed by atoms with van der Waals surface area (Å²) in [5.74, 6) is 0.875. The fourth-order valence-corrected chi connectivity index (χ4v) is 4.42. The van der Waals surface area contributed by atoms with Gasteiger partial charge in [-0.05, 0) is 55.3 Å². The topological polar surface area (TPSA) is 25.4 Å². The van der Waals surface area contributed by atoms with Gasteiger partial charge in [0.2, 0.25) is 0 Å². The van der Waals surface area contributed by atoms with Crippen molar-refractivity contribution in [1.29, 1.82) is 0 Å². The summed E-state index contributed by atoms with van der Waals surface area (Å²) in [6.07, 6.45) is 2.38. The number of rotatable bonds is 5. The largest absolute Gasteiger partial charge is 0.497 e. The van der Waals surface area contributed by atoms with E-state index in [4.69, 9.17) is 9.72 Å². The first-order chi connectivity index (χ1) is 12.2. The molecule has 0 saturated heterocycles. The summed E-state index contributed by atoms with van der Waals surface area (Å²) in [6, 6.07) is 17.4. The fourth-order valence-electron chi connectivity index (χ4n) is 3.60. The van der Waals surface area contributed by atoms with Crippen LogP contribution in [0.5, 0.6) is 5.75 Å². The van der Waals surface area contributed by atoms with E-state index in [9.17, 15) is 0 Å². The van der Waals surface area contributed by atoms with Gasteiger partial charge >= 0.3 is 0 Å². The van der Waals surface area contributed by atoms with Crippen molar-refractivity contribution in [2.24, 2.45) is 0 Å². The second-order valence-corrected chi connectivity index (χ2v) is 7.40. The molecule has 0 N–H and O–H groups in total. The van der Waals surface area contributed by atoms with Crippen molar-refractivity contribution >= 4 is 11.3 Å². The summed E-state index contributed by atoms with van der Waals surface area (Å²) in [5, 5.41) is 3.24. The van der Waals surface area contributed by atoms with Gasteiger partial charge in [-0.3, -0.25) is 4.90 Å². The number of aromatic nitrogens is 1. The highest BCUT2D eigenvalue weighted by molar-refractivity contribution is 7.13. The minimum Gasteiger partial charge on any atom is -0.497 e. The lowest BCUT2D eigenvalue weighted by atomic mass is 10.1. The Morgan fingerprint density at radius 1 is 1.16 bits per heavy atom. The van der Waals surface area contributed by atoms with E-state index < -0.39 is 0 Å². The van der Waals surface area contributed by atoms with E-state index in [-0.39, 0.29) is 0 Å². The molecule has 1 aliphatic carbocycles. The van der Waals surface area contributed by atoms with Crippen LogP contribution in [-0.4, -0.2) is 24.0 Å². The normalized spacial score (nSPS) is 16.2. The lowest BCUT2D eigenvalue weighted by Crippen LogP contribution is -2.22. The monoisotopic (exact) mass is 350 g/mol. The number of hydrogen-bond donors (Lipinski definition) is 0. The summed E-state index contributed by atoms with van der Waals surface area (Å²) in [5.41, 5.74) is 5.26. The summed E-state index contributed by atoms with van der Waals surface area (Å²) in [7, 11) is 3.90. The molecule has 0 spiro atoms. The van der Waals surface area contributed by atoms with Crippen LogP contribution in [0.25, 0.3) is 10.6 Å². The second-order valence-electron chi connectivity index (χ2n) is 6.54. The maximum atomic E-state index is 5.22. The molecule has 0 radical (unpaired) electrons. The molecule has 1 heterocycles. The van der Waals surface area contributed by atoms with Crippen LogP contribution in [0, 0.1) is 0 Å². The van der Waals surface area contributed by atoms with Gasteiger partial charge in [0.15, 0.2) is 0 Å². The van der Waals surface area contributed by atoms with Crippen LogP contribution in [0.4, 0.5) is 0 Å². The minimum atomic E-state index is 0.502. The number of methoxy groups -OCH3 is 1. The van der Waals surface area contributed by atoms with E-state index in [1.54, 1.807) is 18.4 Å². The van der Waals surface area contributed by atoms with Gasteiger partial charge in [-0.25, -0.2) is 4.98 Å². The molecule has 2 aromatic carbocycles. The molecule has 25 heavy (non-hydrogen) atoms. The Morgan fingerprint density at radius 2 is 1.96 bits per heavy atom. The van der Waals surface area contributed by atoms with Crippen LogP contribution in [0.15, 0.2) is 53.9 Å². The van der Waals surface area contributed by atoms with E-state index in [0.717, 1.165) is 28.6 Å². The Kier molecular flexibility index (Phi) is 4.55. The van der Waals surface area contributed by atoms with Gasteiger partial charge in [-0.15, -0.1) is 11.3 Å². The first-order valence-corrected chi connectivity index (χ1v) is 9.49. The Bertz CT molecular complexity index is 856. The predicted octanol–water partition coefficient (Wildman–Crippen LogP) is 4.94. The van der Waals surface area contributed by atoms with Crippen molar-refractivity contribution in [2.75, 3.05) is 14.2 Å². The molecule has 0 fully saturated rings. The molecule has 3 aromatic rings. The Balaban J connectivity index is 1.47. The van der Waals surface area contributed by atoms with Crippen LogP contribution in [0.1, 0.15) is 29.3 Å². The molecule has 0 aliphatic heterocycles. The van der Waals surface area contributed by atoms with E-state index >= 15 is 0 Å². The second kappa shape index (κ2) is 6.98. The van der Waals surface area contributed by atoms with Crippen molar-refractivity contribution in [3.05, 3.63) is 70.7 Å². The smallest absolute Gasteiger partial charge is 0.123 e. The van der Waals surface area contributed by atoms with Gasteiger partial charge in [0.05, 0.1) is 12.8 Å². The Hall–Kier alpha value is -2.17. The highest BCUT2D eigenvalue weighted by Crippen LogP contribution is 2.35. The predicted molar refractivity (Wildman–Crippen MR) is 103 cm³/mol. The number of fused-ring (bicyclic) bond motifs is 1. The molecular weight excluding hydrogens is 328 g/mol. The SMILES string of the molecule is COc1ccc(-c2nc(CN(C)C3CCc4ccccc43)cs2)cc1. The van der Waals surface area contributed by atoms with Crippen molar-refractivity contribution in [3.63, 3.8) is 0 Å². The number of nitrogens with zero attached hydrogens (tertiary/aromatic N) is 2. The van der Waals surface area contributed by atoms with Gasteiger partial charge in [0.25, 0.3) is 0 Å². The van der Waals surface area contributed by atoms with Gasteiger partial charge in [0, 0.05) is 23.5 Å². The average molecular weight is 350 g/mol. The zero-order chi connectivity index (χ0) is 17.2. The molecule has 3 nitrogen and oxygen atoms in total. The van der Waals surface area contributed by atoms with Crippen LogP contribution in [0.3, 0.4) is 0 Å². The molecule has 1 unspecified atom stereocenters. The van der Waals surface area contributed by atoms with Crippen molar-refractivity contribution in [3.8, 4) is 16.3 Å². The average Bonchev–Trinajstić information content (AvgIpc) is 3.28. The third kappa shape index (κ3) is 3.32. The van der Waals surface area contributed by atoms with Gasteiger partial charge in [-0.1, -0.05) is 24.3 Å². The summed E-state index contributed by atoms with van der Waals surface area (Å²) in [6.45, 7) is 0.881. The molecule has 128 valence electrons. The maximum absolute atomic E-state index is 5.22. The van der Waals surface area contributed by atoms with E-state index in [0.29, 0.717) is 6.04 Å². The van der Waals surface area contributed by atoms with Crippen LogP contribution in [0.2, 0.25) is 0 Å². The third-order valence-electron chi connectivity index (χ3n) is 4.93. The molecule has 0 bridgehead atoms. The van der Waals surface area contributed by atoms with E-state index in [1.165, 1.54) is 24.0 Å². The van der Waals surface area contributed by atoms with Gasteiger partial charge < -0.3 is 4.74 Å². The molecule has 0 amide bonds. The summed E-state index contributed by atoms with van der Waals surface area (Å²) in [4.78, 5) is 7.27. The molecule has 4 heteroatoms. The van der Waals surface area contributed by atoms with Crippen molar-refractivity contribution in [2.45, 2.75) is 25.4 Å². The van der Waals surface area contributed by atoms with E-state index in [2.05, 4.69) is 53.7 Å². The van der Waals surface area contributed by atoms with Crippen LogP contribution in [-0.2, 0) is 13.0 Å². The fraction of sp³-hybridized carbons (Fsp3) is 0.286. The van der Waals surface area contributed by atoms with Gasteiger partial charge in [0.1, 0.15) is 10.8 Å². The highest BCUT2D eigenvalue weighted by Gasteiger charge is 2.25. The minimum absolute atomic E-state index is 0.502. The Labute approximate surface area is 152 Å². The molecule has 0 saturated carbocycles. The highest BCUT2D eigenvalue weighted by atomic mass is 32.1. The third-order valence-corrected chi connectivity index (χ3v) is 5.87. The lowest BCUT2D eigenvalue weighted by molar-refractivity contribution is 0.234. The number of hydrogen-bond acceptors (Lipinski definition) is 4. The quantitative estimate of drug-likeness (QED) is 0.652.